The predicted molar refractivity (Wildman–Crippen MR) is 161 cm³/mol. The zero-order valence-electron chi connectivity index (χ0n) is 26.7. The minimum absolute atomic E-state index is 0.000249. The van der Waals surface area contributed by atoms with E-state index in [0.29, 0.717) is 56.5 Å². The quantitative estimate of drug-likeness (QED) is 0.252. The van der Waals surface area contributed by atoms with E-state index in [9.17, 15) is 45.8 Å². The molecule has 1 N–H and O–H groups in total. The van der Waals surface area contributed by atoms with E-state index in [1.54, 1.807) is 17.0 Å². The summed E-state index contributed by atoms with van der Waals surface area (Å²) in [6.45, 7) is -0.194. The van der Waals surface area contributed by atoms with E-state index >= 15 is 0 Å². The molecule has 5 rings (SSSR count). The standard InChI is InChI=1S/C33H39F6N5O4/c1-41(2)26-8-12-42(13-9-26)31(11-16-45)20-27(43-14-7-23-5-3-4-6-28(23)40-29(43)46)10-15-44(31,30(47)48)21-22-17-24(32(34,35)36)19-25(18-22)33(37,38)39/h3-6,16-19,26-27H,7-15,20-21H2,1-2H3,(H-,40,46,47,48)/t27?,31?,44-/m0/s1. The number of carbonyl (C=O) groups is 3. The third-order valence-electron chi connectivity index (χ3n) is 10.4. The van der Waals surface area contributed by atoms with Crippen molar-refractivity contribution in [2.24, 2.45) is 0 Å². The number of quaternary nitrogens is 1. The summed E-state index contributed by atoms with van der Waals surface area (Å²) in [4.78, 5) is 45.0. The Kier molecular flexibility index (Phi) is 9.88. The molecule has 0 saturated carbocycles. The van der Waals surface area contributed by atoms with Gasteiger partial charge in [-0.1, -0.05) is 18.2 Å². The second-order valence-corrected chi connectivity index (χ2v) is 13.2. The van der Waals surface area contributed by atoms with Crippen LogP contribution >= 0.6 is 0 Å². The first kappa shape index (κ1) is 35.6. The van der Waals surface area contributed by atoms with Crippen molar-refractivity contribution in [1.29, 1.82) is 0 Å². The molecule has 2 unspecified atom stereocenters. The number of amides is 3. The largest absolute Gasteiger partial charge is 0.498 e. The molecule has 2 aromatic rings. The van der Waals surface area contributed by atoms with Gasteiger partial charge in [-0.25, -0.2) is 4.79 Å². The number of urea groups is 1. The van der Waals surface area contributed by atoms with Crippen molar-refractivity contribution in [3.05, 3.63) is 64.7 Å². The molecule has 0 bridgehead atoms. The molecule has 0 spiro atoms. The number of benzene rings is 2. The maximum atomic E-state index is 13.9. The van der Waals surface area contributed by atoms with Crippen LogP contribution in [0.3, 0.4) is 0 Å². The van der Waals surface area contributed by atoms with E-state index in [0.717, 1.165) is 5.56 Å². The number of hydrogen-bond acceptors (Lipinski definition) is 6. The highest BCUT2D eigenvalue weighted by Gasteiger charge is 2.61. The van der Waals surface area contributed by atoms with Crippen molar-refractivity contribution in [3.8, 4) is 0 Å². The van der Waals surface area contributed by atoms with Gasteiger partial charge in [0.1, 0.15) is 12.8 Å². The molecule has 2 aromatic carbocycles. The molecule has 2 saturated heterocycles. The number of likely N-dealkylation sites (tertiary alicyclic amines) is 2. The van der Waals surface area contributed by atoms with E-state index in [1.807, 2.05) is 36.0 Å². The number of anilines is 1. The third-order valence-corrected chi connectivity index (χ3v) is 10.4. The van der Waals surface area contributed by atoms with E-state index in [2.05, 4.69) is 5.32 Å². The molecule has 2 fully saturated rings. The smallest absolute Gasteiger partial charge is 0.416 e. The second kappa shape index (κ2) is 13.3. The van der Waals surface area contributed by atoms with Crippen molar-refractivity contribution in [2.75, 3.05) is 45.6 Å². The highest BCUT2D eigenvalue weighted by Crippen LogP contribution is 2.46. The number of halogens is 6. The molecular weight excluding hydrogens is 644 g/mol. The maximum absolute atomic E-state index is 13.9. The summed E-state index contributed by atoms with van der Waals surface area (Å²) in [6, 6.07) is 7.47. The second-order valence-electron chi connectivity index (χ2n) is 13.2. The first-order valence-corrected chi connectivity index (χ1v) is 15.9. The minimum Gasteiger partial charge on any atom is -0.498 e. The van der Waals surface area contributed by atoms with E-state index in [1.165, 1.54) is 0 Å². The number of rotatable bonds is 7. The molecule has 3 aliphatic heterocycles. The fourth-order valence-corrected chi connectivity index (χ4v) is 7.93. The van der Waals surface area contributed by atoms with Gasteiger partial charge in [-0.15, -0.1) is 0 Å². The number of aldehydes is 1. The Morgan fingerprint density at radius 3 is 2.21 bits per heavy atom. The zero-order chi connectivity index (χ0) is 35.1. The number of fused-ring (bicyclic) bond motifs is 1. The van der Waals surface area contributed by atoms with Crippen LogP contribution in [0.2, 0.25) is 0 Å². The summed E-state index contributed by atoms with van der Waals surface area (Å²) in [7, 11) is 3.81. The summed E-state index contributed by atoms with van der Waals surface area (Å²) < 4.78 is 82.0. The van der Waals surface area contributed by atoms with E-state index in [4.69, 9.17) is 0 Å². The molecular formula is C33H39F6N5O4. The van der Waals surface area contributed by atoms with Gasteiger partial charge in [0.25, 0.3) is 6.09 Å². The van der Waals surface area contributed by atoms with Gasteiger partial charge < -0.3 is 29.8 Å². The first-order valence-electron chi connectivity index (χ1n) is 15.9. The third kappa shape index (κ3) is 6.77. The monoisotopic (exact) mass is 683 g/mol. The minimum atomic E-state index is -5.14. The van der Waals surface area contributed by atoms with Gasteiger partial charge in [0.05, 0.1) is 24.1 Å². The summed E-state index contributed by atoms with van der Waals surface area (Å²) in [5, 5.41) is 16.4. The van der Waals surface area contributed by atoms with E-state index in [-0.39, 0.29) is 38.0 Å². The molecule has 3 amide bonds. The molecule has 3 heterocycles. The van der Waals surface area contributed by atoms with Crippen LogP contribution in [0, 0.1) is 0 Å². The number of hydrogen-bond donors (Lipinski definition) is 1. The number of piperidine rings is 2. The number of carboxylic acid groups (broad SMARTS) is 1. The molecule has 15 heteroatoms. The van der Waals surface area contributed by atoms with Crippen LogP contribution in [0.4, 0.5) is 41.6 Å². The van der Waals surface area contributed by atoms with Crippen molar-refractivity contribution < 1.29 is 50.3 Å². The Hall–Kier alpha value is -3.69. The summed E-state index contributed by atoms with van der Waals surface area (Å²) >= 11 is 0. The Bertz CT molecular complexity index is 1490. The summed E-state index contributed by atoms with van der Waals surface area (Å²) in [6.07, 6.45) is -10.2. The lowest BCUT2D eigenvalue weighted by molar-refractivity contribution is -0.956. The van der Waals surface area contributed by atoms with Crippen molar-refractivity contribution in [1.82, 2.24) is 14.7 Å². The number of para-hydroxylation sites is 1. The molecule has 3 aliphatic rings. The zero-order valence-corrected chi connectivity index (χ0v) is 26.7. The lowest BCUT2D eigenvalue weighted by atomic mass is 9.81. The molecule has 262 valence electrons. The van der Waals surface area contributed by atoms with Crippen molar-refractivity contribution in [3.63, 3.8) is 0 Å². The summed E-state index contributed by atoms with van der Waals surface area (Å²) in [5.41, 5.74) is -3.73. The molecule has 0 radical (unpaired) electrons. The SMILES string of the molecule is CN(C)C1CCN(C2(CC=O)CC(N3CCc4ccccc4NC3=O)CC[N@+]2(Cc2cc(C(F)(F)F)cc(C(F)(F)F)c2)C(=O)[O-])CC1. The lowest BCUT2D eigenvalue weighted by Crippen LogP contribution is -2.80. The maximum Gasteiger partial charge on any atom is 0.416 e. The Labute approximate surface area is 274 Å². The van der Waals surface area contributed by atoms with Crippen LogP contribution in [-0.4, -0.2) is 95.6 Å². The number of alkyl halides is 6. The molecule has 9 nitrogen and oxygen atoms in total. The first-order chi connectivity index (χ1) is 22.5. The fourth-order valence-electron chi connectivity index (χ4n) is 7.93. The van der Waals surface area contributed by atoms with E-state index < -0.39 is 70.3 Å². The Balaban J connectivity index is 1.61. The van der Waals surface area contributed by atoms with Gasteiger partial charge in [0, 0.05) is 55.8 Å². The van der Waals surface area contributed by atoms with Crippen LogP contribution in [0.25, 0.3) is 0 Å². The number of carbonyl (C=O) groups excluding carboxylic acids is 3. The summed E-state index contributed by atoms with van der Waals surface area (Å²) in [5.74, 6) is 0. The molecule has 48 heavy (non-hydrogen) atoms. The topological polar surface area (TPSA) is 96.0 Å². The molecule has 0 aliphatic carbocycles. The fraction of sp³-hybridized carbons (Fsp3) is 0.545. The van der Waals surface area contributed by atoms with Gasteiger partial charge in [0.2, 0.25) is 0 Å². The highest BCUT2D eigenvalue weighted by atomic mass is 19.4. The van der Waals surface area contributed by atoms with Gasteiger partial charge in [-0.05, 0) is 63.2 Å². The lowest BCUT2D eigenvalue weighted by Gasteiger charge is -2.61. The highest BCUT2D eigenvalue weighted by molar-refractivity contribution is 5.91. The predicted octanol–water partition coefficient (Wildman–Crippen LogP) is 4.95. The van der Waals surface area contributed by atoms with Gasteiger partial charge >= 0.3 is 18.4 Å². The normalized spacial score (nSPS) is 26.1. The number of nitrogens with zero attached hydrogens (tertiary/aromatic N) is 4. The average molecular weight is 684 g/mol. The van der Waals surface area contributed by atoms with Gasteiger partial charge in [0.15, 0.2) is 5.66 Å². The van der Waals surface area contributed by atoms with Crippen molar-refractivity contribution >= 4 is 24.1 Å². The van der Waals surface area contributed by atoms with Crippen LogP contribution < -0.4 is 10.4 Å². The van der Waals surface area contributed by atoms with Crippen LogP contribution in [0.15, 0.2) is 42.5 Å². The molecule has 3 atom stereocenters. The Morgan fingerprint density at radius 1 is 1.02 bits per heavy atom. The van der Waals surface area contributed by atoms with Gasteiger partial charge in [-0.2, -0.15) is 26.3 Å². The van der Waals surface area contributed by atoms with Crippen LogP contribution in [0.1, 0.15) is 54.4 Å². The van der Waals surface area contributed by atoms with Crippen LogP contribution in [-0.2, 0) is 30.1 Å². The van der Waals surface area contributed by atoms with Crippen LogP contribution in [0.5, 0.6) is 0 Å². The molecule has 0 aromatic heterocycles. The Morgan fingerprint density at radius 2 is 1.65 bits per heavy atom. The van der Waals surface area contributed by atoms with Crippen molar-refractivity contribution in [2.45, 2.75) is 75.2 Å². The number of nitrogens with one attached hydrogen (secondary N) is 1. The van der Waals surface area contributed by atoms with Gasteiger partial charge in [-0.3, -0.25) is 9.38 Å². The average Bonchev–Trinajstić information content (AvgIpc) is 3.19.